The van der Waals surface area contributed by atoms with E-state index in [0.29, 0.717) is 0 Å². The van der Waals surface area contributed by atoms with Crippen LogP contribution in [0.25, 0.3) is 0 Å². The summed E-state index contributed by atoms with van der Waals surface area (Å²) >= 11 is 1.82. The van der Waals surface area contributed by atoms with Crippen LogP contribution in [-0.4, -0.2) is 47.4 Å². The SMILES string of the molecule is NC(=O)CC(N)C(=O)N1CCSCC1. The number of nitrogens with zero attached hydrogens (tertiary/aromatic N) is 1. The van der Waals surface area contributed by atoms with Crippen molar-refractivity contribution < 1.29 is 9.59 Å². The molecule has 1 rings (SSSR count). The number of carbonyl (C=O) groups is 2. The highest BCUT2D eigenvalue weighted by Crippen LogP contribution is 2.10. The zero-order valence-electron chi connectivity index (χ0n) is 7.94. The number of nitrogens with two attached hydrogens (primary N) is 2. The van der Waals surface area contributed by atoms with Crippen LogP contribution in [0.15, 0.2) is 0 Å². The molecule has 1 aliphatic heterocycles. The van der Waals surface area contributed by atoms with E-state index in [2.05, 4.69) is 0 Å². The molecule has 1 heterocycles. The third-order valence-corrected chi connectivity index (χ3v) is 3.00. The largest absolute Gasteiger partial charge is 0.370 e. The molecule has 1 atom stereocenters. The summed E-state index contributed by atoms with van der Waals surface area (Å²) in [5, 5.41) is 0. The first-order valence-corrected chi connectivity index (χ1v) is 5.67. The van der Waals surface area contributed by atoms with Gasteiger partial charge in [0.2, 0.25) is 11.8 Å². The van der Waals surface area contributed by atoms with Gasteiger partial charge in [-0.25, -0.2) is 0 Å². The Morgan fingerprint density at radius 3 is 2.43 bits per heavy atom. The lowest BCUT2D eigenvalue weighted by atomic mass is 10.2. The molecule has 0 bridgehead atoms. The van der Waals surface area contributed by atoms with Crippen molar-refractivity contribution >= 4 is 23.6 Å². The highest BCUT2D eigenvalue weighted by molar-refractivity contribution is 7.99. The van der Waals surface area contributed by atoms with Crippen molar-refractivity contribution in [2.45, 2.75) is 12.5 Å². The van der Waals surface area contributed by atoms with Crippen LogP contribution in [0.4, 0.5) is 0 Å². The molecule has 0 aliphatic carbocycles. The van der Waals surface area contributed by atoms with Crippen molar-refractivity contribution in [1.29, 1.82) is 0 Å². The maximum Gasteiger partial charge on any atom is 0.240 e. The Bertz CT molecular complexity index is 229. The van der Waals surface area contributed by atoms with Crippen LogP contribution in [-0.2, 0) is 9.59 Å². The van der Waals surface area contributed by atoms with Gasteiger partial charge in [0.05, 0.1) is 12.5 Å². The van der Waals surface area contributed by atoms with Gasteiger partial charge >= 0.3 is 0 Å². The van der Waals surface area contributed by atoms with Crippen LogP contribution in [0.1, 0.15) is 6.42 Å². The van der Waals surface area contributed by atoms with E-state index in [1.807, 2.05) is 11.8 Å². The second-order valence-corrected chi connectivity index (χ2v) is 4.44. The number of thioether (sulfide) groups is 1. The molecule has 14 heavy (non-hydrogen) atoms. The van der Waals surface area contributed by atoms with Gasteiger partial charge in [-0.15, -0.1) is 0 Å². The number of rotatable bonds is 3. The van der Waals surface area contributed by atoms with Gasteiger partial charge in [-0.1, -0.05) is 0 Å². The maximum absolute atomic E-state index is 11.6. The molecule has 0 spiro atoms. The highest BCUT2D eigenvalue weighted by Gasteiger charge is 2.23. The Kier molecular flexibility index (Phi) is 4.21. The molecular formula is C8H15N3O2S. The van der Waals surface area contributed by atoms with Crippen LogP contribution in [0.2, 0.25) is 0 Å². The molecule has 0 saturated carbocycles. The standard InChI is InChI=1S/C8H15N3O2S/c9-6(5-7(10)12)8(13)11-1-3-14-4-2-11/h6H,1-5,9H2,(H2,10,12). The summed E-state index contributed by atoms with van der Waals surface area (Å²) in [5.41, 5.74) is 10.5. The van der Waals surface area contributed by atoms with E-state index in [1.54, 1.807) is 4.90 Å². The number of carbonyl (C=O) groups excluding carboxylic acids is 2. The quantitative estimate of drug-likeness (QED) is 0.619. The minimum Gasteiger partial charge on any atom is -0.370 e. The Labute approximate surface area is 87.2 Å². The Hall–Kier alpha value is -0.750. The Balaban J connectivity index is 2.42. The van der Waals surface area contributed by atoms with Crippen LogP contribution in [0, 0.1) is 0 Å². The van der Waals surface area contributed by atoms with Crippen molar-refractivity contribution in [2.75, 3.05) is 24.6 Å². The van der Waals surface area contributed by atoms with E-state index < -0.39 is 11.9 Å². The predicted octanol–water partition coefficient (Wildman–Crippen LogP) is -1.24. The zero-order valence-corrected chi connectivity index (χ0v) is 8.76. The molecule has 0 aromatic heterocycles. The van der Waals surface area contributed by atoms with E-state index in [9.17, 15) is 9.59 Å². The van der Waals surface area contributed by atoms with Crippen molar-refractivity contribution in [3.05, 3.63) is 0 Å². The minimum absolute atomic E-state index is 0.0670. The monoisotopic (exact) mass is 217 g/mol. The van der Waals surface area contributed by atoms with Gasteiger partial charge in [0.1, 0.15) is 0 Å². The van der Waals surface area contributed by atoms with Crippen molar-refractivity contribution in [3.63, 3.8) is 0 Å². The lowest BCUT2D eigenvalue weighted by Crippen LogP contribution is -2.48. The first-order valence-electron chi connectivity index (χ1n) is 4.51. The Morgan fingerprint density at radius 1 is 1.36 bits per heavy atom. The summed E-state index contributed by atoms with van der Waals surface area (Å²) in [6.07, 6.45) is -0.0670. The molecule has 0 aromatic rings. The maximum atomic E-state index is 11.6. The molecule has 0 radical (unpaired) electrons. The summed E-state index contributed by atoms with van der Waals surface area (Å²) in [7, 11) is 0. The minimum atomic E-state index is -0.768. The molecule has 1 aliphatic rings. The molecule has 1 unspecified atom stereocenters. The first kappa shape index (κ1) is 11.3. The van der Waals surface area contributed by atoms with E-state index >= 15 is 0 Å². The van der Waals surface area contributed by atoms with E-state index in [4.69, 9.17) is 11.5 Å². The van der Waals surface area contributed by atoms with Crippen molar-refractivity contribution in [1.82, 2.24) is 4.90 Å². The molecule has 0 aromatic carbocycles. The third-order valence-electron chi connectivity index (χ3n) is 2.06. The number of hydrogen-bond donors (Lipinski definition) is 2. The van der Waals surface area contributed by atoms with Gasteiger partial charge < -0.3 is 16.4 Å². The summed E-state index contributed by atoms with van der Waals surface area (Å²) in [4.78, 5) is 23.9. The van der Waals surface area contributed by atoms with Crippen LogP contribution in [0.3, 0.4) is 0 Å². The van der Waals surface area contributed by atoms with E-state index in [-0.39, 0.29) is 12.3 Å². The molecule has 4 N–H and O–H groups in total. The molecule has 2 amide bonds. The van der Waals surface area contributed by atoms with Crippen LogP contribution < -0.4 is 11.5 Å². The van der Waals surface area contributed by atoms with E-state index in [0.717, 1.165) is 24.6 Å². The van der Waals surface area contributed by atoms with Crippen molar-refractivity contribution in [2.24, 2.45) is 11.5 Å². The van der Waals surface area contributed by atoms with Gasteiger partial charge in [0.15, 0.2) is 0 Å². The second-order valence-electron chi connectivity index (χ2n) is 3.21. The van der Waals surface area contributed by atoms with Crippen LogP contribution in [0.5, 0.6) is 0 Å². The average Bonchev–Trinajstić information content (AvgIpc) is 2.17. The summed E-state index contributed by atoms with van der Waals surface area (Å²) in [5.74, 6) is 1.19. The van der Waals surface area contributed by atoms with Gasteiger partial charge in [0.25, 0.3) is 0 Å². The van der Waals surface area contributed by atoms with E-state index in [1.165, 1.54) is 0 Å². The second kappa shape index (κ2) is 5.21. The fraction of sp³-hybridized carbons (Fsp3) is 0.750. The smallest absolute Gasteiger partial charge is 0.240 e. The summed E-state index contributed by atoms with van der Waals surface area (Å²) < 4.78 is 0. The van der Waals surface area contributed by atoms with Crippen LogP contribution >= 0.6 is 11.8 Å². The molecule has 80 valence electrons. The highest BCUT2D eigenvalue weighted by atomic mass is 32.2. The predicted molar refractivity (Wildman–Crippen MR) is 55.7 cm³/mol. The molecule has 5 nitrogen and oxygen atoms in total. The summed E-state index contributed by atoms with van der Waals surface area (Å²) in [6.45, 7) is 1.44. The average molecular weight is 217 g/mol. The topological polar surface area (TPSA) is 89.4 Å². The first-order chi connectivity index (χ1) is 6.61. The normalized spacial score (nSPS) is 19.1. The number of hydrogen-bond acceptors (Lipinski definition) is 4. The fourth-order valence-corrected chi connectivity index (χ4v) is 2.23. The van der Waals surface area contributed by atoms with Gasteiger partial charge in [0, 0.05) is 24.6 Å². The molecule has 1 fully saturated rings. The van der Waals surface area contributed by atoms with Gasteiger partial charge in [-0.2, -0.15) is 11.8 Å². The Morgan fingerprint density at radius 2 is 1.93 bits per heavy atom. The lowest BCUT2D eigenvalue weighted by Gasteiger charge is -2.28. The third kappa shape index (κ3) is 3.19. The number of primary amides is 1. The lowest BCUT2D eigenvalue weighted by molar-refractivity contribution is -0.134. The zero-order chi connectivity index (χ0) is 10.6. The molecule has 1 saturated heterocycles. The molecular weight excluding hydrogens is 202 g/mol. The molecule has 6 heteroatoms. The van der Waals surface area contributed by atoms with Gasteiger partial charge in [-0.3, -0.25) is 9.59 Å². The van der Waals surface area contributed by atoms with Crippen molar-refractivity contribution in [3.8, 4) is 0 Å². The number of amides is 2. The summed E-state index contributed by atoms with van der Waals surface area (Å²) in [6, 6.07) is -0.768. The fourth-order valence-electron chi connectivity index (χ4n) is 1.32. The van der Waals surface area contributed by atoms with Gasteiger partial charge in [-0.05, 0) is 0 Å².